The standard InChI is InChI=1S/C11H13NO/c1-8-6-9-4-2-3-5-10(9)11(7-8)12-13/h2-5,8,13H,6-7H2,1H3. The fourth-order valence-electron chi connectivity index (χ4n) is 1.96. The molecule has 2 rings (SSSR count). The first-order valence-electron chi connectivity index (χ1n) is 4.60. The van der Waals surface area contributed by atoms with E-state index in [1.165, 1.54) is 5.56 Å². The van der Waals surface area contributed by atoms with Gasteiger partial charge in [0, 0.05) is 5.56 Å². The summed E-state index contributed by atoms with van der Waals surface area (Å²) in [5.74, 6) is 0.584. The highest BCUT2D eigenvalue weighted by molar-refractivity contribution is 6.02. The highest BCUT2D eigenvalue weighted by Crippen LogP contribution is 2.25. The van der Waals surface area contributed by atoms with Crippen LogP contribution >= 0.6 is 0 Å². The van der Waals surface area contributed by atoms with E-state index in [2.05, 4.69) is 18.1 Å². The molecule has 1 unspecified atom stereocenters. The van der Waals surface area contributed by atoms with Crippen LogP contribution in [0.1, 0.15) is 24.5 Å². The van der Waals surface area contributed by atoms with Gasteiger partial charge in [0.25, 0.3) is 0 Å². The van der Waals surface area contributed by atoms with Crippen LogP contribution < -0.4 is 0 Å². The minimum atomic E-state index is 0.584. The first-order chi connectivity index (χ1) is 6.31. The number of rotatable bonds is 0. The van der Waals surface area contributed by atoms with Gasteiger partial charge >= 0.3 is 0 Å². The number of nitrogens with zero attached hydrogens (tertiary/aromatic N) is 1. The van der Waals surface area contributed by atoms with E-state index in [1.54, 1.807) is 0 Å². The van der Waals surface area contributed by atoms with Gasteiger partial charge in [0.2, 0.25) is 0 Å². The van der Waals surface area contributed by atoms with E-state index in [0.717, 1.165) is 24.1 Å². The normalized spacial score (nSPS) is 24.4. The predicted molar refractivity (Wildman–Crippen MR) is 52.3 cm³/mol. The average molecular weight is 175 g/mol. The van der Waals surface area contributed by atoms with E-state index in [-0.39, 0.29) is 0 Å². The first kappa shape index (κ1) is 8.30. The minimum Gasteiger partial charge on any atom is -0.411 e. The van der Waals surface area contributed by atoms with Crippen LogP contribution in [0.25, 0.3) is 0 Å². The fraction of sp³-hybridized carbons (Fsp3) is 0.364. The summed E-state index contributed by atoms with van der Waals surface area (Å²) in [4.78, 5) is 0. The highest BCUT2D eigenvalue weighted by Gasteiger charge is 2.20. The number of hydrogen-bond acceptors (Lipinski definition) is 2. The summed E-state index contributed by atoms with van der Waals surface area (Å²) in [5, 5.41) is 12.2. The second-order valence-corrected chi connectivity index (χ2v) is 3.72. The number of benzene rings is 1. The number of hydrogen-bond donors (Lipinski definition) is 1. The molecule has 0 heterocycles. The van der Waals surface area contributed by atoms with Crippen molar-refractivity contribution in [2.75, 3.05) is 0 Å². The molecule has 0 saturated carbocycles. The van der Waals surface area contributed by atoms with Gasteiger partial charge in [0.05, 0.1) is 5.71 Å². The van der Waals surface area contributed by atoms with Crippen LogP contribution in [-0.4, -0.2) is 10.9 Å². The summed E-state index contributed by atoms with van der Waals surface area (Å²) in [6.07, 6.45) is 1.97. The zero-order valence-corrected chi connectivity index (χ0v) is 7.70. The van der Waals surface area contributed by atoms with Crippen molar-refractivity contribution < 1.29 is 5.21 Å². The van der Waals surface area contributed by atoms with Crippen molar-refractivity contribution in [3.8, 4) is 0 Å². The molecule has 68 valence electrons. The molecule has 1 aromatic rings. The van der Waals surface area contributed by atoms with Gasteiger partial charge < -0.3 is 5.21 Å². The molecule has 1 atom stereocenters. The van der Waals surface area contributed by atoms with E-state index in [0.29, 0.717) is 5.92 Å². The third kappa shape index (κ3) is 1.44. The fourth-order valence-corrected chi connectivity index (χ4v) is 1.96. The summed E-state index contributed by atoms with van der Waals surface area (Å²) >= 11 is 0. The van der Waals surface area contributed by atoms with Gasteiger partial charge in [-0.05, 0) is 24.3 Å². The second-order valence-electron chi connectivity index (χ2n) is 3.72. The van der Waals surface area contributed by atoms with Crippen LogP contribution in [0.2, 0.25) is 0 Å². The van der Waals surface area contributed by atoms with Crippen LogP contribution in [0.15, 0.2) is 29.4 Å². The summed E-state index contributed by atoms with van der Waals surface area (Å²) in [5.41, 5.74) is 3.24. The second kappa shape index (κ2) is 3.21. The molecule has 13 heavy (non-hydrogen) atoms. The summed E-state index contributed by atoms with van der Waals surface area (Å²) in [6.45, 7) is 2.18. The van der Waals surface area contributed by atoms with E-state index in [9.17, 15) is 0 Å². The molecule has 0 aromatic heterocycles. The number of oxime groups is 1. The van der Waals surface area contributed by atoms with Crippen LogP contribution in [0.3, 0.4) is 0 Å². The smallest absolute Gasteiger partial charge is 0.0873 e. The quantitative estimate of drug-likeness (QED) is 0.476. The van der Waals surface area contributed by atoms with Gasteiger partial charge in [0.15, 0.2) is 0 Å². The van der Waals surface area contributed by atoms with Crippen molar-refractivity contribution in [1.82, 2.24) is 0 Å². The highest BCUT2D eigenvalue weighted by atomic mass is 16.4. The van der Waals surface area contributed by atoms with Crippen molar-refractivity contribution in [3.63, 3.8) is 0 Å². The first-order valence-corrected chi connectivity index (χ1v) is 4.60. The maximum absolute atomic E-state index is 8.84. The lowest BCUT2D eigenvalue weighted by Crippen LogP contribution is -2.18. The summed E-state index contributed by atoms with van der Waals surface area (Å²) in [7, 11) is 0. The minimum absolute atomic E-state index is 0.584. The Balaban J connectivity index is 2.49. The number of fused-ring (bicyclic) bond motifs is 1. The van der Waals surface area contributed by atoms with Gasteiger partial charge in [-0.1, -0.05) is 36.3 Å². The Kier molecular flexibility index (Phi) is 2.05. The summed E-state index contributed by atoms with van der Waals surface area (Å²) < 4.78 is 0. The Morgan fingerprint density at radius 1 is 1.31 bits per heavy atom. The molecular formula is C11H13NO. The largest absolute Gasteiger partial charge is 0.411 e. The van der Waals surface area contributed by atoms with Crippen molar-refractivity contribution >= 4 is 5.71 Å². The third-order valence-electron chi connectivity index (χ3n) is 2.56. The molecule has 2 heteroatoms. The lowest BCUT2D eigenvalue weighted by Gasteiger charge is -2.21. The molecule has 0 fully saturated rings. The van der Waals surface area contributed by atoms with Gasteiger partial charge in [-0.25, -0.2) is 0 Å². The monoisotopic (exact) mass is 175 g/mol. The van der Waals surface area contributed by atoms with Crippen molar-refractivity contribution in [2.45, 2.75) is 19.8 Å². The molecule has 1 N–H and O–H groups in total. The van der Waals surface area contributed by atoms with Gasteiger partial charge in [0.1, 0.15) is 0 Å². The zero-order chi connectivity index (χ0) is 9.26. The van der Waals surface area contributed by atoms with E-state index < -0.39 is 0 Å². The molecule has 0 radical (unpaired) electrons. The van der Waals surface area contributed by atoms with E-state index in [4.69, 9.17) is 5.21 Å². The lowest BCUT2D eigenvalue weighted by atomic mass is 9.84. The van der Waals surface area contributed by atoms with Gasteiger partial charge in [-0.3, -0.25) is 0 Å². The van der Waals surface area contributed by atoms with E-state index in [1.807, 2.05) is 18.2 Å². The SMILES string of the molecule is CC1CC(=NO)c2ccccc2C1. The Labute approximate surface area is 77.9 Å². The van der Waals surface area contributed by atoms with E-state index >= 15 is 0 Å². The van der Waals surface area contributed by atoms with Gasteiger partial charge in [-0.2, -0.15) is 0 Å². The topological polar surface area (TPSA) is 32.6 Å². The maximum atomic E-state index is 8.84. The molecule has 1 aromatic carbocycles. The van der Waals surface area contributed by atoms with Crippen molar-refractivity contribution in [3.05, 3.63) is 35.4 Å². The molecule has 0 spiro atoms. The van der Waals surface area contributed by atoms with Crippen LogP contribution in [-0.2, 0) is 6.42 Å². The Morgan fingerprint density at radius 2 is 2.08 bits per heavy atom. The molecule has 0 aliphatic heterocycles. The van der Waals surface area contributed by atoms with Crippen LogP contribution in [0.5, 0.6) is 0 Å². The molecule has 0 saturated heterocycles. The average Bonchev–Trinajstić information content (AvgIpc) is 2.16. The molecule has 0 bridgehead atoms. The maximum Gasteiger partial charge on any atom is 0.0873 e. The molecule has 0 amide bonds. The lowest BCUT2D eigenvalue weighted by molar-refractivity contribution is 0.316. The Bertz CT molecular complexity index is 344. The molecular weight excluding hydrogens is 162 g/mol. The third-order valence-corrected chi connectivity index (χ3v) is 2.56. The molecule has 2 nitrogen and oxygen atoms in total. The summed E-state index contributed by atoms with van der Waals surface area (Å²) in [6, 6.07) is 8.15. The molecule has 1 aliphatic rings. The Morgan fingerprint density at radius 3 is 2.85 bits per heavy atom. The Hall–Kier alpha value is -1.31. The molecule has 1 aliphatic carbocycles. The van der Waals surface area contributed by atoms with Crippen molar-refractivity contribution in [1.29, 1.82) is 0 Å². The zero-order valence-electron chi connectivity index (χ0n) is 7.70. The van der Waals surface area contributed by atoms with Crippen LogP contribution in [0.4, 0.5) is 0 Å². The van der Waals surface area contributed by atoms with Crippen molar-refractivity contribution in [2.24, 2.45) is 11.1 Å². The predicted octanol–water partition coefficient (Wildman–Crippen LogP) is 2.45. The van der Waals surface area contributed by atoms with Gasteiger partial charge in [-0.15, -0.1) is 0 Å². The van der Waals surface area contributed by atoms with Crippen LogP contribution in [0, 0.1) is 5.92 Å².